The number of hydrogen-bond acceptors (Lipinski definition) is 3. The van der Waals surface area contributed by atoms with Crippen LogP contribution in [0.5, 0.6) is 5.75 Å². The highest BCUT2D eigenvalue weighted by Crippen LogP contribution is 2.27. The molecule has 0 aliphatic carbocycles. The van der Waals surface area contributed by atoms with Crippen LogP contribution in [0.4, 0.5) is 0 Å². The molecule has 1 aliphatic heterocycles. The van der Waals surface area contributed by atoms with E-state index < -0.39 is 0 Å². The van der Waals surface area contributed by atoms with Gasteiger partial charge in [-0.15, -0.1) is 0 Å². The molecule has 0 spiro atoms. The highest BCUT2D eigenvalue weighted by atomic mass is 35.5. The molecule has 2 aromatic carbocycles. The Bertz CT molecular complexity index is 726. The fourth-order valence-electron chi connectivity index (χ4n) is 3.30. The number of morpholine rings is 1. The van der Waals surface area contributed by atoms with Gasteiger partial charge in [0.05, 0.1) is 19.8 Å². The summed E-state index contributed by atoms with van der Waals surface area (Å²) in [6.45, 7) is 6.89. The zero-order chi connectivity index (χ0) is 18.7. The maximum Gasteiger partial charge on any atom is 0.118 e. The van der Waals surface area contributed by atoms with E-state index in [1.54, 1.807) is 13.2 Å². The number of ether oxygens (including phenoxy) is 2. The molecule has 0 amide bonds. The van der Waals surface area contributed by atoms with E-state index in [-0.39, 0.29) is 11.6 Å². The van der Waals surface area contributed by atoms with Crippen molar-refractivity contribution < 1.29 is 9.47 Å². The average molecular weight is 394 g/mol. The third-order valence-corrected chi connectivity index (χ3v) is 5.31. The van der Waals surface area contributed by atoms with E-state index in [0.717, 1.165) is 30.8 Å². The Morgan fingerprint density at radius 3 is 2.35 bits per heavy atom. The highest BCUT2D eigenvalue weighted by Gasteiger charge is 2.35. The minimum Gasteiger partial charge on any atom is -0.497 e. The largest absolute Gasteiger partial charge is 0.497 e. The third kappa shape index (κ3) is 4.92. The first-order chi connectivity index (χ1) is 12.4. The second kappa shape index (κ2) is 8.18. The Morgan fingerprint density at radius 1 is 1.08 bits per heavy atom. The molecule has 0 radical (unpaired) electrons. The molecular formula is C21H25Cl2NO2. The Balaban J connectivity index is 1.69. The standard InChI is InChI=1S/C21H25Cl2NO2/c1-21(2)14-26-20(10-16-8-17(22)11-18(23)9-16)13-24(21)12-15-4-6-19(25-3)7-5-15/h4-9,11,20H,10,12-14H2,1-3H3. The molecule has 1 fully saturated rings. The lowest BCUT2D eigenvalue weighted by Gasteiger charge is -2.45. The molecule has 5 heteroatoms. The Morgan fingerprint density at radius 2 is 1.73 bits per heavy atom. The molecule has 0 N–H and O–H groups in total. The summed E-state index contributed by atoms with van der Waals surface area (Å²) < 4.78 is 11.4. The lowest BCUT2D eigenvalue weighted by Crippen LogP contribution is -2.56. The Kier molecular flexibility index (Phi) is 6.13. The fourth-order valence-corrected chi connectivity index (χ4v) is 3.88. The first kappa shape index (κ1) is 19.5. The van der Waals surface area contributed by atoms with Crippen LogP contribution < -0.4 is 4.74 Å². The molecule has 1 saturated heterocycles. The van der Waals surface area contributed by atoms with E-state index in [2.05, 4.69) is 30.9 Å². The number of nitrogens with zero attached hydrogens (tertiary/aromatic N) is 1. The molecular weight excluding hydrogens is 369 g/mol. The van der Waals surface area contributed by atoms with Crippen molar-refractivity contribution >= 4 is 23.2 Å². The minimum atomic E-state index is -0.0115. The summed E-state index contributed by atoms with van der Waals surface area (Å²) in [5.41, 5.74) is 2.37. The molecule has 140 valence electrons. The van der Waals surface area contributed by atoms with Gasteiger partial charge in [-0.1, -0.05) is 35.3 Å². The molecule has 3 nitrogen and oxygen atoms in total. The SMILES string of the molecule is COc1ccc(CN2CC(Cc3cc(Cl)cc(Cl)c3)OCC2(C)C)cc1. The second-order valence-electron chi connectivity index (χ2n) is 7.46. The molecule has 26 heavy (non-hydrogen) atoms. The van der Waals surface area contributed by atoms with Crippen molar-refractivity contribution in [3.05, 3.63) is 63.6 Å². The first-order valence-electron chi connectivity index (χ1n) is 8.80. The Labute approximate surface area is 165 Å². The van der Waals surface area contributed by atoms with Crippen molar-refractivity contribution in [2.24, 2.45) is 0 Å². The van der Waals surface area contributed by atoms with Crippen molar-refractivity contribution in [2.45, 2.75) is 38.5 Å². The number of benzene rings is 2. The van der Waals surface area contributed by atoms with Gasteiger partial charge in [-0.25, -0.2) is 0 Å². The fraction of sp³-hybridized carbons (Fsp3) is 0.429. The monoisotopic (exact) mass is 393 g/mol. The van der Waals surface area contributed by atoms with Gasteiger partial charge in [-0.3, -0.25) is 4.90 Å². The molecule has 0 bridgehead atoms. The molecule has 3 rings (SSSR count). The van der Waals surface area contributed by atoms with E-state index in [1.807, 2.05) is 24.3 Å². The van der Waals surface area contributed by atoms with Gasteiger partial charge in [-0.2, -0.15) is 0 Å². The predicted octanol–water partition coefficient (Wildman–Crippen LogP) is 5.22. The van der Waals surface area contributed by atoms with E-state index in [9.17, 15) is 0 Å². The zero-order valence-corrected chi connectivity index (χ0v) is 17.0. The summed E-state index contributed by atoms with van der Waals surface area (Å²) in [5.74, 6) is 0.880. The van der Waals surface area contributed by atoms with Crippen LogP contribution in [-0.4, -0.2) is 36.8 Å². The van der Waals surface area contributed by atoms with Crippen molar-refractivity contribution in [2.75, 3.05) is 20.3 Å². The lowest BCUT2D eigenvalue weighted by molar-refractivity contribution is -0.101. The molecule has 1 atom stereocenters. The topological polar surface area (TPSA) is 21.7 Å². The van der Waals surface area contributed by atoms with Crippen LogP contribution >= 0.6 is 23.2 Å². The van der Waals surface area contributed by atoms with Crippen LogP contribution in [0.3, 0.4) is 0 Å². The quantitative estimate of drug-likeness (QED) is 0.694. The van der Waals surface area contributed by atoms with Gasteiger partial charge in [0, 0.05) is 28.7 Å². The van der Waals surface area contributed by atoms with Crippen LogP contribution in [0.1, 0.15) is 25.0 Å². The summed E-state index contributed by atoms with van der Waals surface area (Å²) in [5, 5.41) is 1.33. The Hall–Kier alpha value is -1.26. The second-order valence-corrected chi connectivity index (χ2v) is 8.33. The van der Waals surface area contributed by atoms with E-state index >= 15 is 0 Å². The molecule has 0 aromatic heterocycles. The highest BCUT2D eigenvalue weighted by molar-refractivity contribution is 6.34. The number of rotatable bonds is 5. The normalized spacial score (nSPS) is 20.1. The van der Waals surface area contributed by atoms with E-state index in [1.165, 1.54) is 5.56 Å². The van der Waals surface area contributed by atoms with Crippen LogP contribution in [0.15, 0.2) is 42.5 Å². The van der Waals surface area contributed by atoms with Gasteiger partial charge in [0.25, 0.3) is 0 Å². The molecule has 1 heterocycles. The molecule has 2 aromatic rings. The number of halogens is 2. The van der Waals surface area contributed by atoms with Crippen molar-refractivity contribution in [3.63, 3.8) is 0 Å². The lowest BCUT2D eigenvalue weighted by atomic mass is 9.97. The maximum absolute atomic E-state index is 6.13. The van der Waals surface area contributed by atoms with Crippen LogP contribution in [0.25, 0.3) is 0 Å². The average Bonchev–Trinajstić information content (AvgIpc) is 2.58. The maximum atomic E-state index is 6.13. The number of methoxy groups -OCH3 is 1. The van der Waals surface area contributed by atoms with E-state index in [0.29, 0.717) is 16.7 Å². The van der Waals surface area contributed by atoms with Gasteiger partial charge in [0.1, 0.15) is 5.75 Å². The predicted molar refractivity (Wildman–Crippen MR) is 107 cm³/mol. The summed E-state index contributed by atoms with van der Waals surface area (Å²) in [7, 11) is 1.69. The van der Waals surface area contributed by atoms with Crippen LogP contribution in [-0.2, 0) is 17.7 Å². The van der Waals surface area contributed by atoms with Crippen molar-refractivity contribution in [1.82, 2.24) is 4.90 Å². The van der Waals surface area contributed by atoms with E-state index in [4.69, 9.17) is 32.7 Å². The molecule has 0 saturated carbocycles. The van der Waals surface area contributed by atoms with Gasteiger partial charge in [-0.05, 0) is 61.7 Å². The summed E-state index contributed by atoms with van der Waals surface area (Å²) in [4.78, 5) is 2.48. The smallest absolute Gasteiger partial charge is 0.118 e. The van der Waals surface area contributed by atoms with Crippen LogP contribution in [0.2, 0.25) is 10.0 Å². The first-order valence-corrected chi connectivity index (χ1v) is 9.56. The number of hydrogen-bond donors (Lipinski definition) is 0. The molecule has 1 unspecified atom stereocenters. The van der Waals surface area contributed by atoms with Gasteiger partial charge in [0.2, 0.25) is 0 Å². The van der Waals surface area contributed by atoms with Gasteiger partial charge >= 0.3 is 0 Å². The molecule has 1 aliphatic rings. The zero-order valence-electron chi connectivity index (χ0n) is 15.5. The minimum absolute atomic E-state index is 0.0115. The summed E-state index contributed by atoms with van der Waals surface area (Å²) >= 11 is 12.3. The summed E-state index contributed by atoms with van der Waals surface area (Å²) in [6, 6.07) is 13.9. The van der Waals surface area contributed by atoms with Crippen molar-refractivity contribution in [1.29, 1.82) is 0 Å². The van der Waals surface area contributed by atoms with Gasteiger partial charge < -0.3 is 9.47 Å². The summed E-state index contributed by atoms with van der Waals surface area (Å²) in [6.07, 6.45) is 0.922. The van der Waals surface area contributed by atoms with Gasteiger partial charge in [0.15, 0.2) is 0 Å². The van der Waals surface area contributed by atoms with Crippen molar-refractivity contribution in [3.8, 4) is 5.75 Å². The van der Waals surface area contributed by atoms with Crippen LogP contribution in [0, 0.1) is 0 Å². The third-order valence-electron chi connectivity index (χ3n) is 4.87.